The average Bonchev–Trinajstić information content (AvgIpc) is 2.93. The Bertz CT molecular complexity index is 680. The number of amides is 1. The first-order valence-corrected chi connectivity index (χ1v) is 6.85. The molecule has 1 heterocycles. The molecule has 1 aromatic carbocycles. The van der Waals surface area contributed by atoms with Gasteiger partial charge in [0.25, 0.3) is 5.91 Å². The summed E-state index contributed by atoms with van der Waals surface area (Å²) < 4.78 is 25.5. The zero-order valence-electron chi connectivity index (χ0n) is 10.0. The van der Waals surface area contributed by atoms with Gasteiger partial charge in [-0.2, -0.15) is 5.10 Å². The third kappa shape index (κ3) is 2.98. The lowest BCUT2D eigenvalue weighted by Crippen LogP contribution is -2.19. The molecule has 7 nitrogen and oxygen atoms in total. The van der Waals surface area contributed by atoms with Gasteiger partial charge < -0.3 is 5.32 Å². The number of rotatable bonds is 4. The van der Waals surface area contributed by atoms with E-state index < -0.39 is 10.0 Å². The molecule has 1 aromatic heterocycles. The van der Waals surface area contributed by atoms with Crippen molar-refractivity contribution in [3.05, 3.63) is 42.2 Å². The molecule has 0 saturated heterocycles. The normalized spacial score (nSPS) is 11.2. The summed E-state index contributed by atoms with van der Waals surface area (Å²) in [6.07, 6.45) is 2.83. The summed E-state index contributed by atoms with van der Waals surface area (Å²) in [5, 5.41) is 8.78. The maximum Gasteiger partial charge on any atom is 0.258 e. The Kier molecular flexibility index (Phi) is 3.63. The maximum atomic E-state index is 11.8. The van der Waals surface area contributed by atoms with E-state index in [1.807, 2.05) is 0 Å². The van der Waals surface area contributed by atoms with Gasteiger partial charge in [0.15, 0.2) is 0 Å². The summed E-state index contributed by atoms with van der Waals surface area (Å²) in [5.74, 6) is -0.368. The monoisotopic (exact) mass is 280 g/mol. The Labute approximate surface area is 110 Å². The number of nitrogens with one attached hydrogen (secondary N) is 3. The quantitative estimate of drug-likeness (QED) is 0.761. The van der Waals surface area contributed by atoms with Crippen molar-refractivity contribution in [2.24, 2.45) is 0 Å². The van der Waals surface area contributed by atoms with E-state index in [0.717, 1.165) is 0 Å². The number of anilines is 1. The molecule has 3 N–H and O–H groups in total. The molecule has 0 unspecified atom stereocenters. The van der Waals surface area contributed by atoms with Crippen LogP contribution in [0.2, 0.25) is 0 Å². The topological polar surface area (TPSA) is 104 Å². The van der Waals surface area contributed by atoms with E-state index in [0.29, 0.717) is 11.3 Å². The van der Waals surface area contributed by atoms with Gasteiger partial charge in [0.2, 0.25) is 10.0 Å². The highest BCUT2D eigenvalue weighted by atomic mass is 32.2. The molecule has 1 amide bonds. The van der Waals surface area contributed by atoms with Crippen LogP contribution >= 0.6 is 0 Å². The van der Waals surface area contributed by atoms with Crippen LogP contribution in [0, 0.1) is 0 Å². The number of sulfonamides is 1. The molecule has 0 aliphatic rings. The molecule has 0 aliphatic carbocycles. The summed E-state index contributed by atoms with van der Waals surface area (Å²) in [6.45, 7) is 0. The number of H-pyrrole nitrogens is 1. The van der Waals surface area contributed by atoms with Crippen LogP contribution in [0.4, 0.5) is 5.69 Å². The molecule has 0 atom stereocenters. The van der Waals surface area contributed by atoms with Gasteiger partial charge in [-0.15, -0.1) is 0 Å². The van der Waals surface area contributed by atoms with Crippen LogP contribution in [0.3, 0.4) is 0 Å². The predicted octanol–water partition coefficient (Wildman–Crippen LogP) is 0.570. The Morgan fingerprint density at radius 2 is 2.16 bits per heavy atom. The minimum atomic E-state index is -3.53. The van der Waals surface area contributed by atoms with Crippen molar-refractivity contribution in [3.63, 3.8) is 0 Å². The first kappa shape index (κ1) is 13.2. The second kappa shape index (κ2) is 5.21. The zero-order chi connectivity index (χ0) is 13.9. The number of aromatic amines is 1. The van der Waals surface area contributed by atoms with Crippen LogP contribution in [-0.2, 0) is 10.0 Å². The third-order valence-electron chi connectivity index (χ3n) is 2.43. The summed E-state index contributed by atoms with van der Waals surface area (Å²) >= 11 is 0. The first-order chi connectivity index (χ1) is 9.03. The number of hydrogen-bond donors (Lipinski definition) is 3. The molecular formula is C11H12N4O3S. The van der Waals surface area contributed by atoms with E-state index in [1.54, 1.807) is 12.1 Å². The fourth-order valence-electron chi connectivity index (χ4n) is 1.44. The maximum absolute atomic E-state index is 11.8. The Morgan fingerprint density at radius 1 is 1.37 bits per heavy atom. The van der Waals surface area contributed by atoms with Crippen molar-refractivity contribution in [1.29, 1.82) is 0 Å². The van der Waals surface area contributed by atoms with Gasteiger partial charge in [-0.3, -0.25) is 9.89 Å². The van der Waals surface area contributed by atoms with E-state index in [9.17, 15) is 13.2 Å². The minimum Gasteiger partial charge on any atom is -0.322 e. The van der Waals surface area contributed by atoms with Gasteiger partial charge in [0.1, 0.15) is 0 Å². The average molecular weight is 280 g/mol. The van der Waals surface area contributed by atoms with Gasteiger partial charge in [-0.1, -0.05) is 6.07 Å². The highest BCUT2D eigenvalue weighted by Crippen LogP contribution is 2.15. The summed E-state index contributed by atoms with van der Waals surface area (Å²) in [4.78, 5) is 11.9. The molecule has 2 aromatic rings. The van der Waals surface area contributed by atoms with Crippen molar-refractivity contribution >= 4 is 21.6 Å². The summed E-state index contributed by atoms with van der Waals surface area (Å²) in [5.41, 5.74) is 0.754. The van der Waals surface area contributed by atoms with E-state index in [-0.39, 0.29) is 10.8 Å². The number of carbonyl (C=O) groups is 1. The molecule has 0 fully saturated rings. The zero-order valence-corrected chi connectivity index (χ0v) is 10.9. The van der Waals surface area contributed by atoms with Crippen molar-refractivity contribution < 1.29 is 13.2 Å². The van der Waals surface area contributed by atoms with E-state index in [2.05, 4.69) is 20.2 Å². The highest BCUT2D eigenvalue weighted by molar-refractivity contribution is 7.89. The minimum absolute atomic E-state index is 0.0833. The third-order valence-corrected chi connectivity index (χ3v) is 3.84. The molecule has 8 heteroatoms. The Hall–Kier alpha value is -2.19. The number of hydrogen-bond acceptors (Lipinski definition) is 4. The van der Waals surface area contributed by atoms with Crippen molar-refractivity contribution in [2.45, 2.75) is 4.90 Å². The first-order valence-electron chi connectivity index (χ1n) is 5.36. The molecule has 0 saturated carbocycles. The molecule has 0 aliphatic heterocycles. The van der Waals surface area contributed by atoms with Gasteiger partial charge in [-0.05, 0) is 25.2 Å². The molecule has 19 heavy (non-hydrogen) atoms. The number of aromatic nitrogens is 2. The fourth-order valence-corrected chi connectivity index (χ4v) is 2.21. The lowest BCUT2D eigenvalue weighted by molar-refractivity contribution is 0.102. The van der Waals surface area contributed by atoms with Crippen molar-refractivity contribution in [3.8, 4) is 0 Å². The van der Waals surface area contributed by atoms with Gasteiger partial charge in [0, 0.05) is 11.9 Å². The number of benzene rings is 1. The Balaban J connectivity index is 2.23. The van der Waals surface area contributed by atoms with E-state index in [4.69, 9.17) is 0 Å². The largest absolute Gasteiger partial charge is 0.322 e. The molecule has 0 radical (unpaired) electrons. The Morgan fingerprint density at radius 3 is 2.79 bits per heavy atom. The lowest BCUT2D eigenvalue weighted by Gasteiger charge is -2.06. The van der Waals surface area contributed by atoms with Crippen LogP contribution in [0.1, 0.15) is 10.4 Å². The van der Waals surface area contributed by atoms with Crippen molar-refractivity contribution in [2.75, 3.05) is 12.4 Å². The smallest absolute Gasteiger partial charge is 0.258 e. The van der Waals surface area contributed by atoms with Crippen LogP contribution in [-0.4, -0.2) is 31.6 Å². The molecule has 100 valence electrons. The van der Waals surface area contributed by atoms with E-state index >= 15 is 0 Å². The lowest BCUT2D eigenvalue weighted by atomic mass is 10.3. The molecule has 0 spiro atoms. The van der Waals surface area contributed by atoms with Crippen LogP contribution in [0.25, 0.3) is 0 Å². The highest BCUT2D eigenvalue weighted by Gasteiger charge is 2.13. The van der Waals surface area contributed by atoms with Crippen LogP contribution < -0.4 is 10.0 Å². The van der Waals surface area contributed by atoms with Crippen LogP contribution in [0.5, 0.6) is 0 Å². The SMILES string of the molecule is CNS(=O)(=O)c1cccc(NC(=O)c2cn[nH]c2)c1. The van der Waals surface area contributed by atoms with Crippen molar-refractivity contribution in [1.82, 2.24) is 14.9 Å². The fraction of sp³-hybridized carbons (Fsp3) is 0.0909. The predicted molar refractivity (Wildman–Crippen MR) is 69.2 cm³/mol. The van der Waals surface area contributed by atoms with Gasteiger partial charge >= 0.3 is 0 Å². The van der Waals surface area contributed by atoms with Gasteiger partial charge in [0.05, 0.1) is 16.7 Å². The molecule has 2 rings (SSSR count). The van der Waals surface area contributed by atoms with Gasteiger partial charge in [-0.25, -0.2) is 13.1 Å². The summed E-state index contributed by atoms with van der Waals surface area (Å²) in [7, 11) is -2.20. The molecule has 0 bridgehead atoms. The summed E-state index contributed by atoms with van der Waals surface area (Å²) in [6, 6.07) is 5.98. The van der Waals surface area contributed by atoms with E-state index in [1.165, 1.54) is 31.6 Å². The molecular weight excluding hydrogens is 268 g/mol. The second-order valence-corrected chi connectivity index (χ2v) is 5.56. The standard InChI is InChI=1S/C11H12N4O3S/c1-12-19(17,18)10-4-2-3-9(5-10)15-11(16)8-6-13-14-7-8/h2-7,12H,1H3,(H,13,14)(H,15,16). The van der Waals surface area contributed by atoms with Crippen LogP contribution in [0.15, 0.2) is 41.6 Å². The number of nitrogens with zero attached hydrogens (tertiary/aromatic N) is 1. The second-order valence-electron chi connectivity index (χ2n) is 3.68. The number of carbonyl (C=O) groups excluding carboxylic acids is 1.